The van der Waals surface area contributed by atoms with Gasteiger partial charge in [-0.15, -0.1) is 0 Å². The molecule has 0 radical (unpaired) electrons. The zero-order chi connectivity index (χ0) is 13.0. The van der Waals surface area contributed by atoms with E-state index < -0.39 is 0 Å². The Morgan fingerprint density at radius 2 is 2.06 bits per heavy atom. The summed E-state index contributed by atoms with van der Waals surface area (Å²) >= 11 is 0. The predicted octanol–water partition coefficient (Wildman–Crippen LogP) is 2.56. The number of nitriles is 1. The van der Waals surface area contributed by atoms with E-state index in [1.165, 1.54) is 0 Å². The SMILES string of the molecule is Cc1ccc(C#N)cc1NCc1ccc(CO)o1. The minimum absolute atomic E-state index is 0.0943. The molecule has 2 rings (SSSR count). The van der Waals surface area contributed by atoms with Gasteiger partial charge in [-0.25, -0.2) is 0 Å². The van der Waals surface area contributed by atoms with Crippen molar-refractivity contribution in [1.29, 1.82) is 5.26 Å². The number of nitrogens with zero attached hydrogens (tertiary/aromatic N) is 1. The van der Waals surface area contributed by atoms with Crippen molar-refractivity contribution in [2.45, 2.75) is 20.1 Å². The van der Waals surface area contributed by atoms with E-state index in [9.17, 15) is 0 Å². The van der Waals surface area contributed by atoms with E-state index in [1.54, 1.807) is 12.1 Å². The van der Waals surface area contributed by atoms with Crippen molar-refractivity contribution in [3.05, 3.63) is 53.0 Å². The smallest absolute Gasteiger partial charge is 0.129 e. The summed E-state index contributed by atoms with van der Waals surface area (Å²) in [5.41, 5.74) is 2.61. The topological polar surface area (TPSA) is 69.2 Å². The fraction of sp³-hybridized carbons (Fsp3) is 0.214. The molecular formula is C14H14N2O2. The molecule has 0 atom stereocenters. The van der Waals surface area contributed by atoms with Crippen LogP contribution in [-0.2, 0) is 13.2 Å². The summed E-state index contributed by atoms with van der Waals surface area (Å²) < 4.78 is 5.37. The average Bonchev–Trinajstić information content (AvgIpc) is 2.86. The van der Waals surface area contributed by atoms with Gasteiger partial charge in [0.2, 0.25) is 0 Å². The highest BCUT2D eigenvalue weighted by Crippen LogP contribution is 2.18. The van der Waals surface area contributed by atoms with Crippen LogP contribution in [0.4, 0.5) is 5.69 Å². The largest absolute Gasteiger partial charge is 0.462 e. The van der Waals surface area contributed by atoms with E-state index in [2.05, 4.69) is 11.4 Å². The number of aliphatic hydroxyl groups is 1. The highest BCUT2D eigenvalue weighted by Gasteiger charge is 2.03. The van der Waals surface area contributed by atoms with Crippen LogP contribution in [0.3, 0.4) is 0 Å². The molecule has 4 heteroatoms. The molecule has 0 unspecified atom stereocenters. The van der Waals surface area contributed by atoms with E-state index in [0.29, 0.717) is 17.9 Å². The zero-order valence-corrected chi connectivity index (χ0v) is 10.1. The minimum Gasteiger partial charge on any atom is -0.462 e. The molecule has 0 saturated heterocycles. The van der Waals surface area contributed by atoms with Gasteiger partial charge in [0.05, 0.1) is 18.2 Å². The number of aryl methyl sites for hydroxylation is 1. The standard InChI is InChI=1S/C14H14N2O2/c1-10-2-3-11(7-15)6-14(10)16-8-12-4-5-13(9-17)18-12/h2-6,16-17H,8-9H2,1H3. The van der Waals surface area contributed by atoms with Gasteiger partial charge in [0.1, 0.15) is 18.1 Å². The lowest BCUT2D eigenvalue weighted by Gasteiger charge is -2.08. The summed E-state index contributed by atoms with van der Waals surface area (Å²) in [6, 6.07) is 11.2. The van der Waals surface area contributed by atoms with Crippen LogP contribution < -0.4 is 5.32 Å². The Kier molecular flexibility index (Phi) is 3.66. The van der Waals surface area contributed by atoms with Crippen LogP contribution in [0.2, 0.25) is 0 Å². The zero-order valence-electron chi connectivity index (χ0n) is 10.1. The van der Waals surface area contributed by atoms with Crippen LogP contribution in [0.25, 0.3) is 0 Å². The molecule has 0 spiro atoms. The van der Waals surface area contributed by atoms with Crippen molar-refractivity contribution in [1.82, 2.24) is 0 Å². The second kappa shape index (κ2) is 5.39. The number of nitrogens with one attached hydrogen (secondary N) is 1. The molecule has 1 aromatic heterocycles. The monoisotopic (exact) mass is 242 g/mol. The van der Waals surface area contributed by atoms with Gasteiger partial charge in [-0.3, -0.25) is 0 Å². The van der Waals surface area contributed by atoms with E-state index >= 15 is 0 Å². The normalized spacial score (nSPS) is 10.1. The first-order valence-electron chi connectivity index (χ1n) is 5.66. The average molecular weight is 242 g/mol. The molecule has 0 aliphatic carbocycles. The number of benzene rings is 1. The van der Waals surface area contributed by atoms with Gasteiger partial charge in [0.25, 0.3) is 0 Å². The quantitative estimate of drug-likeness (QED) is 0.864. The van der Waals surface area contributed by atoms with E-state index in [-0.39, 0.29) is 6.61 Å². The summed E-state index contributed by atoms with van der Waals surface area (Å²) in [6.45, 7) is 2.41. The lowest BCUT2D eigenvalue weighted by atomic mass is 10.1. The third-order valence-electron chi connectivity index (χ3n) is 2.69. The van der Waals surface area contributed by atoms with Gasteiger partial charge < -0.3 is 14.8 Å². The third kappa shape index (κ3) is 2.70. The first-order valence-corrected chi connectivity index (χ1v) is 5.66. The van der Waals surface area contributed by atoms with Crippen molar-refractivity contribution < 1.29 is 9.52 Å². The summed E-state index contributed by atoms with van der Waals surface area (Å²) in [7, 11) is 0. The Morgan fingerprint density at radius 3 is 2.72 bits per heavy atom. The molecule has 0 amide bonds. The molecule has 1 aromatic carbocycles. The van der Waals surface area contributed by atoms with Crippen LogP contribution >= 0.6 is 0 Å². The number of aliphatic hydroxyl groups excluding tert-OH is 1. The van der Waals surface area contributed by atoms with Gasteiger partial charge in [-0.1, -0.05) is 6.07 Å². The highest BCUT2D eigenvalue weighted by atomic mass is 16.4. The molecule has 0 aliphatic heterocycles. The van der Waals surface area contributed by atoms with Gasteiger partial charge in [0, 0.05) is 5.69 Å². The van der Waals surface area contributed by atoms with E-state index in [1.807, 2.05) is 25.1 Å². The Hall–Kier alpha value is -2.25. The lowest BCUT2D eigenvalue weighted by Crippen LogP contribution is -2.00. The van der Waals surface area contributed by atoms with Crippen molar-refractivity contribution in [3.8, 4) is 6.07 Å². The summed E-state index contributed by atoms with van der Waals surface area (Å²) in [5.74, 6) is 1.30. The van der Waals surface area contributed by atoms with Gasteiger partial charge >= 0.3 is 0 Å². The van der Waals surface area contributed by atoms with Crippen LogP contribution in [-0.4, -0.2) is 5.11 Å². The lowest BCUT2D eigenvalue weighted by molar-refractivity contribution is 0.244. The number of anilines is 1. The van der Waals surface area contributed by atoms with Crippen molar-refractivity contribution in [2.75, 3.05) is 5.32 Å². The number of rotatable bonds is 4. The number of hydrogen-bond acceptors (Lipinski definition) is 4. The molecule has 1 heterocycles. The first-order chi connectivity index (χ1) is 8.72. The summed E-state index contributed by atoms with van der Waals surface area (Å²) in [5, 5.41) is 21.0. The van der Waals surface area contributed by atoms with E-state index in [4.69, 9.17) is 14.8 Å². The molecule has 0 fully saturated rings. The molecule has 2 aromatic rings. The fourth-order valence-corrected chi connectivity index (χ4v) is 1.67. The molecule has 18 heavy (non-hydrogen) atoms. The predicted molar refractivity (Wildman–Crippen MR) is 67.9 cm³/mol. The summed E-state index contributed by atoms with van der Waals surface area (Å²) in [6.07, 6.45) is 0. The molecule has 0 bridgehead atoms. The molecular weight excluding hydrogens is 228 g/mol. The summed E-state index contributed by atoms with van der Waals surface area (Å²) in [4.78, 5) is 0. The molecule has 4 nitrogen and oxygen atoms in total. The maximum atomic E-state index is 8.90. The van der Waals surface area contributed by atoms with Gasteiger partial charge in [0.15, 0.2) is 0 Å². The van der Waals surface area contributed by atoms with Crippen molar-refractivity contribution in [3.63, 3.8) is 0 Å². The van der Waals surface area contributed by atoms with Gasteiger partial charge in [-0.05, 0) is 36.8 Å². The minimum atomic E-state index is -0.0943. The van der Waals surface area contributed by atoms with Crippen LogP contribution in [0, 0.1) is 18.3 Å². The maximum absolute atomic E-state index is 8.90. The fourth-order valence-electron chi connectivity index (χ4n) is 1.67. The Bertz CT molecular complexity index is 582. The van der Waals surface area contributed by atoms with Crippen molar-refractivity contribution >= 4 is 5.69 Å². The number of furan rings is 1. The van der Waals surface area contributed by atoms with Crippen molar-refractivity contribution in [2.24, 2.45) is 0 Å². The Labute approximate surface area is 105 Å². The third-order valence-corrected chi connectivity index (χ3v) is 2.69. The molecule has 0 saturated carbocycles. The molecule has 2 N–H and O–H groups in total. The Balaban J connectivity index is 2.08. The second-order valence-corrected chi connectivity index (χ2v) is 4.02. The maximum Gasteiger partial charge on any atom is 0.129 e. The van der Waals surface area contributed by atoms with Crippen LogP contribution in [0.5, 0.6) is 0 Å². The van der Waals surface area contributed by atoms with Gasteiger partial charge in [-0.2, -0.15) is 5.26 Å². The molecule has 0 aliphatic rings. The highest BCUT2D eigenvalue weighted by molar-refractivity contribution is 5.55. The van der Waals surface area contributed by atoms with Crippen LogP contribution in [0.15, 0.2) is 34.7 Å². The van der Waals surface area contributed by atoms with Crippen LogP contribution in [0.1, 0.15) is 22.6 Å². The number of hydrogen-bond donors (Lipinski definition) is 2. The second-order valence-electron chi connectivity index (χ2n) is 4.02. The first kappa shape index (κ1) is 12.2. The van der Waals surface area contributed by atoms with E-state index in [0.717, 1.165) is 17.0 Å². The molecule has 92 valence electrons. The Morgan fingerprint density at radius 1 is 1.28 bits per heavy atom.